The Labute approximate surface area is 139 Å². The van der Waals surface area contributed by atoms with Gasteiger partial charge >= 0.3 is 6.09 Å². The Balaban J connectivity index is 2.08. The van der Waals surface area contributed by atoms with Crippen LogP contribution in [0.25, 0.3) is 0 Å². The van der Waals surface area contributed by atoms with E-state index in [9.17, 15) is 9.90 Å². The van der Waals surface area contributed by atoms with Gasteiger partial charge in [0.05, 0.1) is 22.4 Å². The second-order valence-electron chi connectivity index (χ2n) is 5.87. The van der Waals surface area contributed by atoms with Crippen molar-refractivity contribution in [2.24, 2.45) is 0 Å². The molecule has 0 aromatic heterocycles. The van der Waals surface area contributed by atoms with Gasteiger partial charge in [-0.15, -0.1) is 0 Å². The van der Waals surface area contributed by atoms with Crippen molar-refractivity contribution in [3.63, 3.8) is 0 Å². The summed E-state index contributed by atoms with van der Waals surface area (Å²) in [6, 6.07) is 5.21. The standard InChI is InChI=1S/C16H17ClN2O4/c1-9-11(6-5-10(8-18)13(9)17)19-14(22-2)16(23-15(19)21)7-3-4-12(16)20/h5-6,12,14,20H,3-4,7H2,1-2H3/t12-,14+,16+/m0/s1. The van der Waals surface area contributed by atoms with Crippen LogP contribution in [0, 0.1) is 18.3 Å². The summed E-state index contributed by atoms with van der Waals surface area (Å²) in [5.41, 5.74) is 0.389. The average molecular weight is 337 g/mol. The summed E-state index contributed by atoms with van der Waals surface area (Å²) < 4.78 is 11.1. The third-order valence-corrected chi connectivity index (χ3v) is 5.18. The Morgan fingerprint density at radius 1 is 1.57 bits per heavy atom. The third kappa shape index (κ3) is 2.19. The fourth-order valence-corrected chi connectivity index (χ4v) is 3.72. The Morgan fingerprint density at radius 3 is 2.87 bits per heavy atom. The van der Waals surface area contributed by atoms with Gasteiger partial charge in [0.25, 0.3) is 0 Å². The Kier molecular flexibility index (Phi) is 3.96. The molecule has 122 valence electrons. The summed E-state index contributed by atoms with van der Waals surface area (Å²) in [5.74, 6) is 0. The first-order valence-corrected chi connectivity index (χ1v) is 7.76. The van der Waals surface area contributed by atoms with E-state index in [1.807, 2.05) is 6.07 Å². The monoisotopic (exact) mass is 336 g/mol. The molecule has 0 bridgehead atoms. The molecule has 1 saturated carbocycles. The quantitative estimate of drug-likeness (QED) is 0.897. The van der Waals surface area contributed by atoms with Crippen LogP contribution < -0.4 is 4.90 Å². The van der Waals surface area contributed by atoms with Crippen molar-refractivity contribution in [1.82, 2.24) is 0 Å². The topological polar surface area (TPSA) is 82.8 Å². The SMILES string of the molecule is CO[C@H]1N(c2ccc(C#N)c(Cl)c2C)C(=O)O[C@@]12CCC[C@@H]2O. The highest BCUT2D eigenvalue weighted by Gasteiger charge is 2.61. The first-order chi connectivity index (χ1) is 11.0. The van der Waals surface area contributed by atoms with Crippen LogP contribution in [0.2, 0.25) is 5.02 Å². The molecule has 3 atom stereocenters. The van der Waals surface area contributed by atoms with E-state index < -0.39 is 24.0 Å². The van der Waals surface area contributed by atoms with Gasteiger partial charge in [-0.3, -0.25) is 0 Å². The molecule has 23 heavy (non-hydrogen) atoms. The number of nitriles is 1. The highest BCUT2D eigenvalue weighted by molar-refractivity contribution is 6.33. The van der Waals surface area contributed by atoms with Gasteiger partial charge in [0.2, 0.25) is 0 Å². The molecule has 0 unspecified atom stereocenters. The van der Waals surface area contributed by atoms with Crippen molar-refractivity contribution in [1.29, 1.82) is 5.26 Å². The number of rotatable bonds is 2. The van der Waals surface area contributed by atoms with Crippen LogP contribution in [-0.4, -0.2) is 36.2 Å². The zero-order valence-electron chi connectivity index (χ0n) is 12.9. The number of anilines is 1. The molecule has 1 aliphatic carbocycles. The molecule has 0 radical (unpaired) electrons. The smallest absolute Gasteiger partial charge is 0.417 e. The number of carbonyl (C=O) groups excluding carboxylic acids is 1. The van der Waals surface area contributed by atoms with Crippen molar-refractivity contribution >= 4 is 23.4 Å². The van der Waals surface area contributed by atoms with Gasteiger partial charge in [0.1, 0.15) is 6.07 Å². The zero-order chi connectivity index (χ0) is 16.8. The molecular weight excluding hydrogens is 320 g/mol. The van der Waals surface area contributed by atoms with Crippen molar-refractivity contribution in [3.05, 3.63) is 28.3 Å². The van der Waals surface area contributed by atoms with Gasteiger partial charge in [-0.2, -0.15) is 5.26 Å². The normalized spacial score (nSPS) is 29.9. The number of hydrogen-bond donors (Lipinski definition) is 1. The van der Waals surface area contributed by atoms with Crippen molar-refractivity contribution in [2.45, 2.75) is 44.1 Å². The van der Waals surface area contributed by atoms with Gasteiger partial charge in [-0.1, -0.05) is 11.6 Å². The summed E-state index contributed by atoms with van der Waals surface area (Å²) in [5, 5.41) is 19.7. The summed E-state index contributed by atoms with van der Waals surface area (Å²) in [7, 11) is 1.48. The number of aliphatic hydroxyl groups is 1. The molecule has 3 rings (SSSR count). The summed E-state index contributed by atoms with van der Waals surface area (Å²) >= 11 is 6.20. The van der Waals surface area contributed by atoms with Crippen LogP contribution in [0.15, 0.2) is 12.1 Å². The van der Waals surface area contributed by atoms with E-state index in [1.165, 1.54) is 12.0 Å². The van der Waals surface area contributed by atoms with Crippen LogP contribution in [0.4, 0.5) is 10.5 Å². The van der Waals surface area contributed by atoms with E-state index >= 15 is 0 Å². The minimum Gasteiger partial charge on any atom is -0.435 e. The molecule has 1 spiro atoms. The molecule has 2 aliphatic rings. The third-order valence-electron chi connectivity index (χ3n) is 4.70. The van der Waals surface area contributed by atoms with Crippen molar-refractivity contribution in [3.8, 4) is 6.07 Å². The molecule has 1 heterocycles. The predicted molar refractivity (Wildman–Crippen MR) is 83.2 cm³/mol. The van der Waals surface area contributed by atoms with E-state index in [-0.39, 0.29) is 0 Å². The van der Waals surface area contributed by atoms with Gasteiger partial charge in [0.15, 0.2) is 11.8 Å². The number of aliphatic hydroxyl groups excluding tert-OH is 1. The Morgan fingerprint density at radius 2 is 2.30 bits per heavy atom. The van der Waals surface area contributed by atoms with Crippen LogP contribution >= 0.6 is 11.6 Å². The largest absolute Gasteiger partial charge is 0.435 e. The maximum absolute atomic E-state index is 12.5. The molecule has 2 fully saturated rings. The molecular formula is C16H17ClN2O4. The summed E-state index contributed by atoms with van der Waals surface area (Å²) in [4.78, 5) is 13.8. The lowest BCUT2D eigenvalue weighted by Crippen LogP contribution is -2.51. The number of nitrogens with zero attached hydrogens (tertiary/aromatic N) is 2. The number of amides is 1. The Hall–Kier alpha value is -1.81. The number of hydrogen-bond acceptors (Lipinski definition) is 5. The lowest BCUT2D eigenvalue weighted by molar-refractivity contribution is -0.107. The molecule has 1 N–H and O–H groups in total. The molecule has 7 heteroatoms. The van der Waals surface area contributed by atoms with Crippen molar-refractivity contribution in [2.75, 3.05) is 12.0 Å². The predicted octanol–water partition coefficient (Wildman–Crippen LogP) is 2.73. The van der Waals surface area contributed by atoms with E-state index in [4.69, 9.17) is 26.3 Å². The highest BCUT2D eigenvalue weighted by atomic mass is 35.5. The second-order valence-corrected chi connectivity index (χ2v) is 6.25. The molecule has 1 aromatic carbocycles. The maximum Gasteiger partial charge on any atom is 0.417 e. The summed E-state index contributed by atoms with van der Waals surface area (Å²) in [6.07, 6.45) is -0.228. The van der Waals surface area contributed by atoms with Crippen LogP contribution in [0.1, 0.15) is 30.4 Å². The maximum atomic E-state index is 12.5. The van der Waals surface area contributed by atoms with E-state index in [1.54, 1.807) is 19.1 Å². The van der Waals surface area contributed by atoms with E-state index in [0.717, 1.165) is 6.42 Å². The van der Waals surface area contributed by atoms with Gasteiger partial charge in [-0.05, 0) is 43.9 Å². The minimum atomic E-state index is -1.06. The van der Waals surface area contributed by atoms with E-state index in [0.29, 0.717) is 34.7 Å². The fourth-order valence-electron chi connectivity index (χ4n) is 3.52. The number of carbonyl (C=O) groups is 1. The highest BCUT2D eigenvalue weighted by Crippen LogP contribution is 2.46. The van der Waals surface area contributed by atoms with E-state index in [2.05, 4.69) is 0 Å². The number of halogens is 1. The number of benzene rings is 1. The van der Waals surface area contributed by atoms with Gasteiger partial charge in [0, 0.05) is 7.11 Å². The average Bonchev–Trinajstić information content (AvgIpc) is 3.03. The van der Waals surface area contributed by atoms with Crippen LogP contribution in [0.5, 0.6) is 0 Å². The minimum absolute atomic E-state index is 0.292. The number of ether oxygens (including phenoxy) is 2. The Bertz CT molecular complexity index is 702. The molecule has 1 aliphatic heterocycles. The van der Waals surface area contributed by atoms with Crippen LogP contribution in [-0.2, 0) is 9.47 Å². The van der Waals surface area contributed by atoms with Crippen molar-refractivity contribution < 1.29 is 19.4 Å². The van der Waals surface area contributed by atoms with Crippen LogP contribution in [0.3, 0.4) is 0 Å². The molecule has 1 aromatic rings. The lowest BCUT2D eigenvalue weighted by Gasteiger charge is -2.33. The van der Waals surface area contributed by atoms with Gasteiger partial charge < -0.3 is 14.6 Å². The zero-order valence-corrected chi connectivity index (χ0v) is 13.6. The molecule has 1 saturated heterocycles. The molecule has 1 amide bonds. The summed E-state index contributed by atoms with van der Waals surface area (Å²) in [6.45, 7) is 1.73. The fraction of sp³-hybridized carbons (Fsp3) is 0.500. The second kappa shape index (κ2) is 5.68. The van der Waals surface area contributed by atoms with Gasteiger partial charge in [-0.25, -0.2) is 9.69 Å². The first kappa shape index (κ1) is 16.1. The first-order valence-electron chi connectivity index (χ1n) is 7.38. The lowest BCUT2D eigenvalue weighted by atomic mass is 9.96. The molecule has 6 nitrogen and oxygen atoms in total. The number of methoxy groups -OCH3 is 1.